The molecule has 0 aromatic rings. The first-order valence-electron chi connectivity index (χ1n) is 7.00. The van der Waals surface area contributed by atoms with Crippen LogP contribution >= 0.6 is 0 Å². The molecule has 0 aromatic heterocycles. The van der Waals surface area contributed by atoms with E-state index in [1.165, 1.54) is 0 Å². The average molecular weight is 266 g/mol. The number of carbonyl (C=O) groups is 1. The SMILES string of the molecule is CCC(C)(C#N)C(=O)N1CCN(CCN(C)C)CC1. The Hall–Kier alpha value is -1.12. The van der Waals surface area contributed by atoms with Crippen LogP contribution in [0.4, 0.5) is 0 Å². The molecule has 1 atom stereocenters. The van der Waals surface area contributed by atoms with Crippen LogP contribution in [-0.4, -0.2) is 74.0 Å². The molecule has 1 fully saturated rings. The molecular weight excluding hydrogens is 240 g/mol. The second-order valence-electron chi connectivity index (χ2n) is 5.73. The van der Waals surface area contributed by atoms with Gasteiger partial charge in [0.1, 0.15) is 5.41 Å². The van der Waals surface area contributed by atoms with Gasteiger partial charge in [0, 0.05) is 39.3 Å². The van der Waals surface area contributed by atoms with Crippen LogP contribution in [0.3, 0.4) is 0 Å². The van der Waals surface area contributed by atoms with Crippen molar-refractivity contribution >= 4 is 5.91 Å². The van der Waals surface area contributed by atoms with E-state index in [9.17, 15) is 10.1 Å². The summed E-state index contributed by atoms with van der Waals surface area (Å²) in [5, 5.41) is 9.17. The predicted molar refractivity (Wildman–Crippen MR) is 75.6 cm³/mol. The number of likely N-dealkylation sites (N-methyl/N-ethyl adjacent to an activating group) is 1. The van der Waals surface area contributed by atoms with Crippen molar-refractivity contribution in [1.82, 2.24) is 14.7 Å². The molecule has 1 unspecified atom stereocenters. The molecule has 19 heavy (non-hydrogen) atoms. The number of hydrogen-bond acceptors (Lipinski definition) is 4. The maximum absolute atomic E-state index is 12.3. The van der Waals surface area contributed by atoms with Crippen LogP contribution in [0.1, 0.15) is 20.3 Å². The normalized spacial score (nSPS) is 20.1. The molecule has 1 heterocycles. The zero-order valence-electron chi connectivity index (χ0n) is 12.6. The smallest absolute Gasteiger partial charge is 0.242 e. The summed E-state index contributed by atoms with van der Waals surface area (Å²) < 4.78 is 0. The molecule has 0 N–H and O–H groups in total. The van der Waals surface area contributed by atoms with Crippen molar-refractivity contribution in [2.75, 3.05) is 53.4 Å². The molecule has 0 aliphatic carbocycles. The maximum atomic E-state index is 12.3. The van der Waals surface area contributed by atoms with Gasteiger partial charge in [0.2, 0.25) is 5.91 Å². The van der Waals surface area contributed by atoms with Gasteiger partial charge in [-0.2, -0.15) is 5.26 Å². The summed E-state index contributed by atoms with van der Waals surface area (Å²) in [7, 11) is 4.14. The van der Waals surface area contributed by atoms with E-state index in [2.05, 4.69) is 30.0 Å². The van der Waals surface area contributed by atoms with E-state index in [1.54, 1.807) is 6.92 Å². The Morgan fingerprint density at radius 3 is 2.32 bits per heavy atom. The first-order chi connectivity index (χ1) is 8.92. The lowest BCUT2D eigenvalue weighted by molar-refractivity contribution is -0.140. The van der Waals surface area contributed by atoms with Gasteiger partial charge in [-0.15, -0.1) is 0 Å². The minimum Gasteiger partial charge on any atom is -0.339 e. The van der Waals surface area contributed by atoms with Gasteiger partial charge in [0.05, 0.1) is 6.07 Å². The van der Waals surface area contributed by atoms with Gasteiger partial charge >= 0.3 is 0 Å². The Morgan fingerprint density at radius 1 is 1.32 bits per heavy atom. The third-order valence-corrected chi connectivity index (χ3v) is 3.95. The number of rotatable bonds is 5. The highest BCUT2D eigenvalue weighted by Crippen LogP contribution is 2.23. The van der Waals surface area contributed by atoms with Gasteiger partial charge < -0.3 is 9.80 Å². The number of hydrogen-bond donors (Lipinski definition) is 0. The maximum Gasteiger partial charge on any atom is 0.242 e. The highest BCUT2D eigenvalue weighted by Gasteiger charge is 2.36. The van der Waals surface area contributed by atoms with Crippen LogP contribution in [-0.2, 0) is 4.79 Å². The largest absolute Gasteiger partial charge is 0.339 e. The first kappa shape index (κ1) is 15.9. The van der Waals surface area contributed by atoms with Gasteiger partial charge in [0.25, 0.3) is 0 Å². The summed E-state index contributed by atoms with van der Waals surface area (Å²) in [5.41, 5.74) is -0.855. The molecule has 5 heteroatoms. The van der Waals surface area contributed by atoms with Crippen LogP contribution in [0.25, 0.3) is 0 Å². The van der Waals surface area contributed by atoms with Crippen LogP contribution < -0.4 is 0 Å². The van der Waals surface area contributed by atoms with Crippen molar-refractivity contribution in [1.29, 1.82) is 5.26 Å². The third kappa shape index (κ3) is 4.19. The average Bonchev–Trinajstić information content (AvgIpc) is 2.44. The highest BCUT2D eigenvalue weighted by atomic mass is 16.2. The number of amides is 1. The Bertz CT molecular complexity index is 342. The molecule has 1 saturated heterocycles. The zero-order valence-corrected chi connectivity index (χ0v) is 12.6. The molecule has 0 bridgehead atoms. The Labute approximate surface area is 116 Å². The highest BCUT2D eigenvalue weighted by molar-refractivity contribution is 5.85. The lowest BCUT2D eigenvalue weighted by Gasteiger charge is -2.37. The van der Waals surface area contributed by atoms with Gasteiger partial charge in [0.15, 0.2) is 0 Å². The van der Waals surface area contributed by atoms with Crippen molar-refractivity contribution in [3.05, 3.63) is 0 Å². The Balaban J connectivity index is 2.46. The molecule has 1 aliphatic heterocycles. The quantitative estimate of drug-likeness (QED) is 0.732. The third-order valence-electron chi connectivity index (χ3n) is 3.95. The number of nitriles is 1. The summed E-state index contributed by atoms with van der Waals surface area (Å²) in [5.74, 6) is -0.00948. The fraction of sp³-hybridized carbons (Fsp3) is 0.857. The van der Waals surface area contributed by atoms with Gasteiger partial charge in [-0.05, 0) is 27.4 Å². The summed E-state index contributed by atoms with van der Waals surface area (Å²) in [6.07, 6.45) is 0.573. The molecule has 0 aromatic carbocycles. The first-order valence-corrected chi connectivity index (χ1v) is 7.00. The molecule has 0 spiro atoms. The van der Waals surface area contributed by atoms with E-state index in [0.29, 0.717) is 6.42 Å². The van der Waals surface area contributed by atoms with Crippen LogP contribution in [0.15, 0.2) is 0 Å². The molecule has 5 nitrogen and oxygen atoms in total. The van der Waals surface area contributed by atoms with Crippen LogP contribution in [0, 0.1) is 16.7 Å². The van der Waals surface area contributed by atoms with Gasteiger partial charge in [-0.25, -0.2) is 0 Å². The second kappa shape index (κ2) is 6.88. The predicted octanol–water partition coefficient (Wildman–Crippen LogP) is 0.632. The molecular formula is C14H26N4O. The number of piperazine rings is 1. The summed E-state index contributed by atoms with van der Waals surface area (Å²) >= 11 is 0. The summed E-state index contributed by atoms with van der Waals surface area (Å²) in [6.45, 7) is 9.02. The lowest BCUT2D eigenvalue weighted by atomic mass is 9.87. The fourth-order valence-electron chi connectivity index (χ4n) is 2.14. The van der Waals surface area contributed by atoms with Crippen LogP contribution in [0.2, 0.25) is 0 Å². The second-order valence-corrected chi connectivity index (χ2v) is 5.73. The van der Waals surface area contributed by atoms with E-state index in [0.717, 1.165) is 39.3 Å². The molecule has 1 aliphatic rings. The summed E-state index contributed by atoms with van der Waals surface area (Å²) in [6, 6.07) is 2.17. The minimum atomic E-state index is -0.855. The van der Waals surface area contributed by atoms with Crippen molar-refractivity contribution < 1.29 is 4.79 Å². The molecule has 0 radical (unpaired) electrons. The Morgan fingerprint density at radius 2 is 1.89 bits per heavy atom. The number of carbonyl (C=O) groups excluding carboxylic acids is 1. The van der Waals surface area contributed by atoms with Crippen molar-refractivity contribution in [3.8, 4) is 6.07 Å². The summed E-state index contributed by atoms with van der Waals surface area (Å²) in [4.78, 5) is 18.7. The zero-order chi connectivity index (χ0) is 14.5. The van der Waals surface area contributed by atoms with E-state index >= 15 is 0 Å². The lowest BCUT2D eigenvalue weighted by Crippen LogP contribution is -2.53. The van der Waals surface area contributed by atoms with Crippen LogP contribution in [0.5, 0.6) is 0 Å². The van der Waals surface area contributed by atoms with E-state index in [-0.39, 0.29) is 5.91 Å². The fourth-order valence-corrected chi connectivity index (χ4v) is 2.14. The van der Waals surface area contributed by atoms with Gasteiger partial charge in [-0.1, -0.05) is 6.92 Å². The van der Waals surface area contributed by atoms with E-state index < -0.39 is 5.41 Å². The Kier molecular flexibility index (Phi) is 5.77. The van der Waals surface area contributed by atoms with Crippen molar-refractivity contribution in [3.63, 3.8) is 0 Å². The molecule has 0 saturated carbocycles. The van der Waals surface area contributed by atoms with Gasteiger partial charge in [-0.3, -0.25) is 9.69 Å². The topological polar surface area (TPSA) is 50.6 Å². The molecule has 108 valence electrons. The number of nitrogens with zero attached hydrogens (tertiary/aromatic N) is 4. The minimum absolute atomic E-state index is 0.00948. The van der Waals surface area contributed by atoms with Crippen molar-refractivity contribution in [2.24, 2.45) is 5.41 Å². The van der Waals surface area contributed by atoms with E-state index in [4.69, 9.17) is 0 Å². The van der Waals surface area contributed by atoms with E-state index in [1.807, 2.05) is 11.8 Å². The molecule has 1 amide bonds. The standard InChI is InChI=1S/C14H26N4O/c1-5-14(2,12-15)13(19)18-10-8-17(9-11-18)7-6-16(3)4/h5-11H2,1-4H3. The monoisotopic (exact) mass is 266 g/mol. The van der Waals surface area contributed by atoms with Crippen molar-refractivity contribution in [2.45, 2.75) is 20.3 Å². The molecule has 1 rings (SSSR count).